The molecule has 0 saturated carbocycles. The van der Waals surface area contributed by atoms with Crippen LogP contribution in [0.1, 0.15) is 18.4 Å². The summed E-state index contributed by atoms with van der Waals surface area (Å²) in [5.41, 5.74) is 1.28. The third-order valence-electron chi connectivity index (χ3n) is 2.45. The summed E-state index contributed by atoms with van der Waals surface area (Å²) in [5.74, 6) is 0.941. The van der Waals surface area contributed by atoms with Gasteiger partial charge in [0.15, 0.2) is 5.96 Å². The van der Waals surface area contributed by atoms with E-state index in [2.05, 4.69) is 39.9 Å². The highest BCUT2D eigenvalue weighted by atomic mass is 127. The Labute approximate surface area is 114 Å². The van der Waals surface area contributed by atoms with E-state index in [4.69, 9.17) is 0 Å². The van der Waals surface area contributed by atoms with Crippen LogP contribution in [0.2, 0.25) is 0 Å². The Balaban J connectivity index is 0.00000128. The minimum atomic E-state index is 0. The van der Waals surface area contributed by atoms with Crippen LogP contribution in [-0.2, 0) is 6.54 Å². The van der Waals surface area contributed by atoms with Crippen LogP contribution in [-0.4, -0.2) is 19.0 Å². The van der Waals surface area contributed by atoms with Gasteiger partial charge in [0.25, 0.3) is 0 Å². The van der Waals surface area contributed by atoms with Crippen LogP contribution in [0.25, 0.3) is 0 Å². The molecule has 2 N–H and O–H groups in total. The van der Waals surface area contributed by atoms with Crippen molar-refractivity contribution in [1.82, 2.24) is 10.6 Å². The van der Waals surface area contributed by atoms with Gasteiger partial charge in [-0.05, 0) is 18.4 Å². The van der Waals surface area contributed by atoms with Crippen molar-refractivity contribution in [1.29, 1.82) is 0 Å². The second-order valence-electron chi connectivity index (χ2n) is 3.70. The van der Waals surface area contributed by atoms with E-state index >= 15 is 0 Å². The molecule has 0 saturated heterocycles. The lowest BCUT2D eigenvalue weighted by Gasteiger charge is -2.09. The number of nitrogens with one attached hydrogen (secondary N) is 2. The summed E-state index contributed by atoms with van der Waals surface area (Å²) in [6.45, 7) is 2.80. The van der Waals surface area contributed by atoms with Crippen molar-refractivity contribution >= 4 is 29.9 Å². The summed E-state index contributed by atoms with van der Waals surface area (Å²) < 4.78 is 0. The van der Waals surface area contributed by atoms with Gasteiger partial charge in [0.05, 0.1) is 0 Å². The van der Waals surface area contributed by atoms with Gasteiger partial charge in [-0.25, -0.2) is 0 Å². The molecule has 16 heavy (non-hydrogen) atoms. The minimum absolute atomic E-state index is 0. The highest BCUT2D eigenvalue weighted by Gasteiger charge is 2.01. The monoisotopic (exact) mass is 331 g/mol. The molecule has 88 valence electrons. The summed E-state index contributed by atoms with van der Waals surface area (Å²) in [6.07, 6.45) is 2.39. The quantitative estimate of drug-likeness (QED) is 0.815. The van der Waals surface area contributed by atoms with E-state index in [1.165, 1.54) is 18.4 Å². The van der Waals surface area contributed by atoms with Crippen LogP contribution >= 0.6 is 24.0 Å². The lowest BCUT2D eigenvalue weighted by molar-refractivity contribution is 0.742. The predicted octanol–water partition coefficient (Wildman–Crippen LogP) is 2.13. The Morgan fingerprint density at radius 1 is 1.19 bits per heavy atom. The zero-order chi connectivity index (χ0) is 10.3. The molecule has 1 aliphatic rings. The van der Waals surface area contributed by atoms with Crippen molar-refractivity contribution in [3.63, 3.8) is 0 Å². The van der Waals surface area contributed by atoms with Crippen molar-refractivity contribution in [2.45, 2.75) is 19.4 Å². The second kappa shape index (κ2) is 7.49. The van der Waals surface area contributed by atoms with Crippen LogP contribution in [0.4, 0.5) is 0 Å². The van der Waals surface area contributed by atoms with E-state index in [0.717, 1.165) is 25.6 Å². The average molecular weight is 331 g/mol. The number of hydrogen-bond acceptors (Lipinski definition) is 3. The standard InChI is InChI=1S/C12H17N3.HI/c1-2-6-11(7-3-1)10-15-12-13-8-4-5-9-14-12;/h1-3,6-7H,4-5,8-10H2,(H2,13,14,15);1H. The van der Waals surface area contributed by atoms with Crippen molar-refractivity contribution in [3.8, 4) is 0 Å². The molecule has 1 aromatic carbocycles. The lowest BCUT2D eigenvalue weighted by Crippen LogP contribution is -2.36. The fourth-order valence-electron chi connectivity index (χ4n) is 1.59. The molecule has 1 aliphatic heterocycles. The van der Waals surface area contributed by atoms with Crippen molar-refractivity contribution < 1.29 is 0 Å². The number of aliphatic imine (C=N–C) groups is 1. The Hall–Kier alpha value is -0.780. The molecule has 0 atom stereocenters. The Morgan fingerprint density at radius 2 is 2.00 bits per heavy atom. The number of benzene rings is 1. The molecular formula is C12H18IN3. The first-order chi connectivity index (χ1) is 7.45. The number of nitrogens with zero attached hydrogens (tertiary/aromatic N) is 1. The SMILES string of the molecule is I.c1ccc(CNC2=NCCCCN2)cc1. The second-order valence-corrected chi connectivity index (χ2v) is 3.70. The topological polar surface area (TPSA) is 36.4 Å². The highest BCUT2D eigenvalue weighted by molar-refractivity contribution is 14.0. The van der Waals surface area contributed by atoms with E-state index in [1.807, 2.05) is 6.07 Å². The molecule has 0 unspecified atom stereocenters. The predicted molar refractivity (Wildman–Crippen MR) is 78.2 cm³/mol. The molecule has 1 heterocycles. The Bertz CT molecular complexity index is 324. The third-order valence-corrected chi connectivity index (χ3v) is 2.45. The summed E-state index contributed by atoms with van der Waals surface area (Å²) in [5, 5.41) is 6.61. The van der Waals surface area contributed by atoms with Gasteiger partial charge in [-0.1, -0.05) is 30.3 Å². The van der Waals surface area contributed by atoms with Gasteiger partial charge in [-0.2, -0.15) is 0 Å². The highest BCUT2D eigenvalue weighted by Crippen LogP contribution is 1.98. The molecule has 0 aromatic heterocycles. The van der Waals surface area contributed by atoms with E-state index in [1.54, 1.807) is 0 Å². The third kappa shape index (κ3) is 4.38. The maximum Gasteiger partial charge on any atom is 0.191 e. The van der Waals surface area contributed by atoms with Crippen LogP contribution in [0.5, 0.6) is 0 Å². The van der Waals surface area contributed by atoms with Crippen molar-refractivity contribution in [2.24, 2.45) is 4.99 Å². The summed E-state index contributed by atoms with van der Waals surface area (Å²) >= 11 is 0. The summed E-state index contributed by atoms with van der Waals surface area (Å²) in [6, 6.07) is 10.4. The smallest absolute Gasteiger partial charge is 0.191 e. The molecule has 3 nitrogen and oxygen atoms in total. The first-order valence-corrected chi connectivity index (χ1v) is 5.51. The number of hydrogen-bond donors (Lipinski definition) is 2. The molecule has 4 heteroatoms. The largest absolute Gasteiger partial charge is 0.356 e. The Morgan fingerprint density at radius 3 is 2.81 bits per heavy atom. The number of rotatable bonds is 2. The fraction of sp³-hybridized carbons (Fsp3) is 0.417. The maximum absolute atomic E-state index is 4.43. The van der Waals surface area contributed by atoms with Gasteiger partial charge in [0.2, 0.25) is 0 Å². The zero-order valence-electron chi connectivity index (χ0n) is 9.28. The van der Waals surface area contributed by atoms with Gasteiger partial charge in [-0.15, -0.1) is 24.0 Å². The molecule has 0 aliphatic carbocycles. The molecule has 0 amide bonds. The van der Waals surface area contributed by atoms with Crippen LogP contribution in [0, 0.1) is 0 Å². The Kier molecular flexibility index (Phi) is 6.22. The normalized spacial score (nSPS) is 15.1. The fourth-order valence-corrected chi connectivity index (χ4v) is 1.59. The first-order valence-electron chi connectivity index (χ1n) is 5.51. The van der Waals surface area contributed by atoms with Crippen LogP contribution in [0.15, 0.2) is 35.3 Å². The molecular weight excluding hydrogens is 313 g/mol. The van der Waals surface area contributed by atoms with Gasteiger partial charge < -0.3 is 10.6 Å². The van der Waals surface area contributed by atoms with Crippen LogP contribution in [0.3, 0.4) is 0 Å². The molecule has 0 radical (unpaired) electrons. The lowest BCUT2D eigenvalue weighted by atomic mass is 10.2. The van der Waals surface area contributed by atoms with E-state index < -0.39 is 0 Å². The molecule has 0 fully saturated rings. The summed E-state index contributed by atoms with van der Waals surface area (Å²) in [7, 11) is 0. The molecule has 0 spiro atoms. The maximum atomic E-state index is 4.43. The number of guanidine groups is 1. The number of halogens is 1. The molecule has 0 bridgehead atoms. The van der Waals surface area contributed by atoms with Gasteiger partial charge in [0, 0.05) is 19.6 Å². The summed E-state index contributed by atoms with van der Waals surface area (Å²) in [4.78, 5) is 4.43. The van der Waals surface area contributed by atoms with Gasteiger partial charge >= 0.3 is 0 Å². The first kappa shape index (κ1) is 13.3. The van der Waals surface area contributed by atoms with Gasteiger partial charge in [-0.3, -0.25) is 4.99 Å². The van der Waals surface area contributed by atoms with E-state index in [0.29, 0.717) is 0 Å². The molecule has 2 rings (SSSR count). The zero-order valence-corrected chi connectivity index (χ0v) is 11.6. The van der Waals surface area contributed by atoms with Crippen LogP contribution < -0.4 is 10.6 Å². The van der Waals surface area contributed by atoms with E-state index in [9.17, 15) is 0 Å². The van der Waals surface area contributed by atoms with Crippen molar-refractivity contribution in [3.05, 3.63) is 35.9 Å². The van der Waals surface area contributed by atoms with Gasteiger partial charge in [0.1, 0.15) is 0 Å². The van der Waals surface area contributed by atoms with Crippen molar-refractivity contribution in [2.75, 3.05) is 13.1 Å². The molecule has 1 aromatic rings. The minimum Gasteiger partial charge on any atom is -0.356 e. The average Bonchev–Trinajstić information content (AvgIpc) is 2.56. The van der Waals surface area contributed by atoms with E-state index in [-0.39, 0.29) is 24.0 Å².